The number of nitrogens with zero attached hydrogens (tertiary/aromatic N) is 1. The second-order valence-electron chi connectivity index (χ2n) is 5.91. The summed E-state index contributed by atoms with van der Waals surface area (Å²) in [4.78, 5) is 15.0. The lowest BCUT2D eigenvalue weighted by Gasteiger charge is -2.37. The molecule has 1 fully saturated rings. The fourth-order valence-corrected chi connectivity index (χ4v) is 3.09. The second-order valence-corrected chi connectivity index (χ2v) is 7.30. The van der Waals surface area contributed by atoms with Gasteiger partial charge in [-0.3, -0.25) is 4.79 Å². The van der Waals surface area contributed by atoms with Crippen molar-refractivity contribution >= 4 is 28.8 Å². The first-order valence-corrected chi connectivity index (χ1v) is 8.45. The van der Waals surface area contributed by atoms with E-state index in [0.29, 0.717) is 26.3 Å². The Kier molecular flexibility index (Phi) is 5.66. The first-order chi connectivity index (χ1) is 9.91. The van der Waals surface area contributed by atoms with Crippen LogP contribution >= 0.6 is 22.9 Å². The quantitative estimate of drug-likeness (QED) is 0.779. The molecule has 0 aromatic carbocycles. The lowest BCUT2D eigenvalue weighted by molar-refractivity contribution is -0.180. The van der Waals surface area contributed by atoms with Crippen molar-refractivity contribution in [2.45, 2.75) is 39.0 Å². The Labute approximate surface area is 135 Å². The van der Waals surface area contributed by atoms with Crippen molar-refractivity contribution in [1.82, 2.24) is 4.90 Å². The maximum atomic E-state index is 12.1. The molecule has 0 saturated carbocycles. The number of halogens is 1. The van der Waals surface area contributed by atoms with Crippen LogP contribution in [0.1, 0.15) is 24.3 Å². The third-order valence-corrected chi connectivity index (χ3v) is 4.66. The fraction of sp³-hybridized carbons (Fsp3) is 0.667. The van der Waals surface area contributed by atoms with E-state index < -0.39 is 0 Å². The van der Waals surface area contributed by atoms with E-state index in [9.17, 15) is 4.79 Å². The van der Waals surface area contributed by atoms with Crippen LogP contribution in [0.5, 0.6) is 0 Å². The minimum absolute atomic E-state index is 0.0117. The summed E-state index contributed by atoms with van der Waals surface area (Å²) in [7, 11) is 0. The van der Waals surface area contributed by atoms with E-state index in [1.165, 1.54) is 4.88 Å². The van der Waals surface area contributed by atoms with Gasteiger partial charge in [0.15, 0.2) is 0 Å². The first-order valence-electron chi connectivity index (χ1n) is 7.03. The Hall–Kier alpha value is -0.620. The summed E-state index contributed by atoms with van der Waals surface area (Å²) in [5.74, 6) is -0.0851. The second kappa shape index (κ2) is 7.09. The van der Waals surface area contributed by atoms with Gasteiger partial charge in [0.1, 0.15) is 5.88 Å². The average Bonchev–Trinajstić information content (AvgIpc) is 2.85. The molecule has 1 atom stereocenters. The number of rotatable bonds is 5. The van der Waals surface area contributed by atoms with E-state index in [4.69, 9.17) is 21.1 Å². The molecule has 0 bridgehead atoms. The highest BCUT2D eigenvalue weighted by Gasteiger charge is 2.30. The molecule has 0 aliphatic carbocycles. The third-order valence-electron chi connectivity index (χ3n) is 3.55. The molecule has 4 nitrogen and oxygen atoms in total. The average molecular weight is 332 g/mol. The molecule has 0 spiro atoms. The van der Waals surface area contributed by atoms with E-state index in [1.807, 2.05) is 19.2 Å². The molecule has 2 heterocycles. The SMILES string of the molecule is Cc1sccc1CN(CC1COC(C)(C)CO1)C(=O)CCl. The molecule has 21 heavy (non-hydrogen) atoms. The van der Waals surface area contributed by atoms with Crippen molar-refractivity contribution in [2.24, 2.45) is 0 Å². The molecular weight excluding hydrogens is 310 g/mol. The standard InChI is InChI=1S/C15H22ClNO3S/c1-11-12(4-5-21-11)7-17(14(18)6-16)8-13-9-20-15(2,3)10-19-13/h4-5,13H,6-10H2,1-3H3. The lowest BCUT2D eigenvalue weighted by Crippen LogP contribution is -2.48. The van der Waals surface area contributed by atoms with Crippen molar-refractivity contribution in [3.63, 3.8) is 0 Å². The first kappa shape index (κ1) is 16.7. The van der Waals surface area contributed by atoms with Gasteiger partial charge in [-0.05, 0) is 37.8 Å². The normalized spacial score (nSPS) is 21.2. The highest BCUT2D eigenvalue weighted by Crippen LogP contribution is 2.21. The summed E-state index contributed by atoms with van der Waals surface area (Å²) in [6.45, 7) is 8.19. The lowest BCUT2D eigenvalue weighted by atomic mass is 10.1. The number of hydrogen-bond acceptors (Lipinski definition) is 4. The van der Waals surface area contributed by atoms with Gasteiger partial charge in [-0.25, -0.2) is 0 Å². The molecule has 6 heteroatoms. The van der Waals surface area contributed by atoms with Crippen LogP contribution in [0.3, 0.4) is 0 Å². The number of hydrogen-bond donors (Lipinski definition) is 0. The van der Waals surface area contributed by atoms with Gasteiger partial charge in [-0.15, -0.1) is 22.9 Å². The summed E-state index contributed by atoms with van der Waals surface area (Å²) < 4.78 is 11.6. The van der Waals surface area contributed by atoms with E-state index in [2.05, 4.69) is 13.0 Å². The van der Waals surface area contributed by atoms with Gasteiger partial charge in [-0.2, -0.15) is 0 Å². The number of carbonyl (C=O) groups is 1. The highest BCUT2D eigenvalue weighted by molar-refractivity contribution is 7.10. The molecule has 2 rings (SSSR count). The van der Waals surface area contributed by atoms with Gasteiger partial charge in [0.25, 0.3) is 0 Å². The maximum absolute atomic E-state index is 12.1. The van der Waals surface area contributed by atoms with Crippen LogP contribution in [0.2, 0.25) is 0 Å². The fourth-order valence-electron chi connectivity index (χ4n) is 2.20. The van der Waals surface area contributed by atoms with Gasteiger partial charge in [0.05, 0.1) is 24.9 Å². The van der Waals surface area contributed by atoms with Gasteiger partial charge in [0.2, 0.25) is 5.91 Å². The van der Waals surface area contributed by atoms with Crippen LogP contribution in [0, 0.1) is 6.92 Å². The van der Waals surface area contributed by atoms with Crippen molar-refractivity contribution < 1.29 is 14.3 Å². The van der Waals surface area contributed by atoms with Crippen molar-refractivity contribution in [3.8, 4) is 0 Å². The molecular formula is C15H22ClNO3S. The van der Waals surface area contributed by atoms with E-state index in [0.717, 1.165) is 5.56 Å². The Bertz CT molecular complexity index is 479. The van der Waals surface area contributed by atoms with Crippen molar-refractivity contribution in [1.29, 1.82) is 0 Å². The Morgan fingerprint density at radius 1 is 1.57 bits per heavy atom. The van der Waals surface area contributed by atoms with Crippen LogP contribution in [0.25, 0.3) is 0 Å². The van der Waals surface area contributed by atoms with Crippen molar-refractivity contribution in [3.05, 3.63) is 21.9 Å². The Morgan fingerprint density at radius 2 is 2.33 bits per heavy atom. The molecule has 1 aliphatic rings. The predicted octanol–water partition coefficient (Wildman–Crippen LogP) is 2.82. The van der Waals surface area contributed by atoms with E-state index >= 15 is 0 Å². The van der Waals surface area contributed by atoms with Gasteiger partial charge < -0.3 is 14.4 Å². The Morgan fingerprint density at radius 3 is 2.86 bits per heavy atom. The molecule has 1 amide bonds. The molecule has 118 valence electrons. The molecule has 1 aromatic rings. The van der Waals surface area contributed by atoms with Crippen LogP contribution < -0.4 is 0 Å². The zero-order valence-electron chi connectivity index (χ0n) is 12.7. The smallest absolute Gasteiger partial charge is 0.237 e. The number of thiophene rings is 1. The number of ether oxygens (including phenoxy) is 2. The van der Waals surface area contributed by atoms with Crippen LogP contribution in [0.4, 0.5) is 0 Å². The molecule has 1 saturated heterocycles. The third kappa shape index (κ3) is 4.68. The zero-order valence-corrected chi connectivity index (χ0v) is 14.3. The molecule has 0 radical (unpaired) electrons. The Balaban J connectivity index is 1.97. The minimum Gasteiger partial charge on any atom is -0.371 e. The highest BCUT2D eigenvalue weighted by atomic mass is 35.5. The zero-order chi connectivity index (χ0) is 15.5. The molecule has 1 aromatic heterocycles. The van der Waals surface area contributed by atoms with Gasteiger partial charge in [-0.1, -0.05) is 0 Å². The molecule has 0 N–H and O–H groups in total. The number of amides is 1. The van der Waals surface area contributed by atoms with Crippen LogP contribution in [-0.4, -0.2) is 48.2 Å². The van der Waals surface area contributed by atoms with E-state index in [-0.39, 0.29) is 23.5 Å². The van der Waals surface area contributed by atoms with Gasteiger partial charge in [0, 0.05) is 18.0 Å². The summed E-state index contributed by atoms with van der Waals surface area (Å²) in [6.07, 6.45) is -0.0934. The largest absolute Gasteiger partial charge is 0.371 e. The summed E-state index contributed by atoms with van der Waals surface area (Å²) >= 11 is 7.41. The number of aryl methyl sites for hydroxylation is 1. The monoisotopic (exact) mass is 331 g/mol. The van der Waals surface area contributed by atoms with Crippen LogP contribution in [-0.2, 0) is 20.8 Å². The predicted molar refractivity (Wildman–Crippen MR) is 85.0 cm³/mol. The van der Waals surface area contributed by atoms with E-state index in [1.54, 1.807) is 16.2 Å². The van der Waals surface area contributed by atoms with Crippen LogP contribution in [0.15, 0.2) is 11.4 Å². The topological polar surface area (TPSA) is 38.8 Å². The summed E-state index contributed by atoms with van der Waals surface area (Å²) in [5, 5.41) is 2.04. The van der Waals surface area contributed by atoms with Gasteiger partial charge >= 0.3 is 0 Å². The molecule has 1 aliphatic heterocycles. The minimum atomic E-state index is -0.248. The summed E-state index contributed by atoms with van der Waals surface area (Å²) in [5.41, 5.74) is 0.914. The maximum Gasteiger partial charge on any atom is 0.237 e. The summed E-state index contributed by atoms with van der Waals surface area (Å²) in [6, 6.07) is 2.05. The van der Waals surface area contributed by atoms with Crippen molar-refractivity contribution in [2.75, 3.05) is 25.6 Å². The number of alkyl halides is 1. The molecule has 1 unspecified atom stereocenters. The number of carbonyl (C=O) groups excluding carboxylic acids is 1.